The van der Waals surface area contributed by atoms with Crippen LogP contribution in [0.25, 0.3) is 0 Å². The first-order valence-corrected chi connectivity index (χ1v) is 9.59. The number of hydrogen-bond acceptors (Lipinski definition) is 4. The Morgan fingerprint density at radius 2 is 1.46 bits per heavy atom. The number of allylic oxidation sites excluding steroid dienone is 1. The molecule has 0 aliphatic heterocycles. The summed E-state index contributed by atoms with van der Waals surface area (Å²) in [5.74, 6) is 0.549. The third-order valence-corrected chi connectivity index (χ3v) is 4.09. The first-order valence-electron chi connectivity index (χ1n) is 9.59. The molecular weight excluding hydrogens is 356 g/mol. The zero-order valence-corrected chi connectivity index (χ0v) is 16.3. The quantitative estimate of drug-likeness (QED) is 0.367. The van der Waals surface area contributed by atoms with E-state index in [4.69, 9.17) is 19.3 Å². The molecule has 0 atom stereocenters. The maximum atomic E-state index is 10.8. The molecule has 28 heavy (non-hydrogen) atoms. The normalized spacial score (nSPS) is 10.8. The fraction of sp³-hybridized carbons (Fsp3) is 0.348. The maximum absolute atomic E-state index is 10.8. The van der Waals surface area contributed by atoms with Gasteiger partial charge in [0.15, 0.2) is 0 Å². The summed E-state index contributed by atoms with van der Waals surface area (Å²) in [4.78, 5) is 10.8. The summed E-state index contributed by atoms with van der Waals surface area (Å²) in [6.45, 7) is 3.85. The molecule has 0 heterocycles. The summed E-state index contributed by atoms with van der Waals surface area (Å²) in [5.41, 5.74) is 1.27. The molecular formula is C23H28O5. The monoisotopic (exact) mass is 384 g/mol. The Hall–Kier alpha value is -2.95. The number of hydrogen-bond donors (Lipinski definition) is 1. The van der Waals surface area contributed by atoms with Crippen LogP contribution < -0.4 is 9.47 Å². The summed E-state index contributed by atoms with van der Waals surface area (Å²) >= 11 is 0. The first-order chi connectivity index (χ1) is 13.7. The number of carboxylic acid groups (broad SMARTS) is 1. The van der Waals surface area contributed by atoms with Crippen molar-refractivity contribution in [3.63, 3.8) is 0 Å². The van der Waals surface area contributed by atoms with E-state index in [1.54, 1.807) is 18.4 Å². The summed E-state index contributed by atoms with van der Waals surface area (Å²) in [5, 5.41) is 8.89. The van der Waals surface area contributed by atoms with Gasteiger partial charge in [-0.2, -0.15) is 0 Å². The number of ether oxygens (including phenoxy) is 3. The molecule has 0 aliphatic rings. The van der Waals surface area contributed by atoms with E-state index in [0.717, 1.165) is 43.6 Å². The molecule has 0 spiro atoms. The van der Waals surface area contributed by atoms with Crippen LogP contribution in [0.4, 0.5) is 0 Å². The van der Waals surface area contributed by atoms with Crippen LogP contribution in [-0.2, 0) is 11.3 Å². The number of carboxylic acids is 1. The standard InChI is InChI=1S/C23H28O5/c1-2-15-26-16-5-3-4-6-17-27-21-11-7-19(8-12-21)18-28-22-13-9-20(10-14-22)23(24)25/h2,7-15H,3-6,16-18H2,1H3,(H,24,25). The van der Waals surface area contributed by atoms with Crippen molar-refractivity contribution >= 4 is 5.97 Å². The molecule has 0 radical (unpaired) electrons. The largest absolute Gasteiger partial charge is 0.502 e. The van der Waals surface area contributed by atoms with E-state index in [0.29, 0.717) is 19.0 Å². The molecule has 0 saturated heterocycles. The number of carbonyl (C=O) groups is 1. The van der Waals surface area contributed by atoms with Crippen molar-refractivity contribution in [3.8, 4) is 11.5 Å². The van der Waals surface area contributed by atoms with Gasteiger partial charge in [-0.1, -0.05) is 18.2 Å². The fourth-order valence-electron chi connectivity index (χ4n) is 2.54. The highest BCUT2D eigenvalue weighted by molar-refractivity contribution is 5.87. The van der Waals surface area contributed by atoms with Gasteiger partial charge in [-0.25, -0.2) is 4.79 Å². The molecule has 0 unspecified atom stereocenters. The van der Waals surface area contributed by atoms with E-state index in [2.05, 4.69) is 0 Å². The summed E-state index contributed by atoms with van der Waals surface area (Å²) in [6, 6.07) is 14.2. The van der Waals surface area contributed by atoms with Crippen molar-refractivity contribution in [2.75, 3.05) is 13.2 Å². The molecule has 0 aromatic heterocycles. The molecule has 0 amide bonds. The lowest BCUT2D eigenvalue weighted by Crippen LogP contribution is -1.99. The van der Waals surface area contributed by atoms with Crippen LogP contribution >= 0.6 is 0 Å². The molecule has 0 fully saturated rings. The Morgan fingerprint density at radius 3 is 2.11 bits per heavy atom. The van der Waals surface area contributed by atoms with Gasteiger partial charge in [0.2, 0.25) is 0 Å². The molecule has 2 aromatic carbocycles. The first kappa shape index (κ1) is 21.4. The van der Waals surface area contributed by atoms with Crippen LogP contribution in [0.15, 0.2) is 60.9 Å². The second kappa shape index (κ2) is 12.4. The fourth-order valence-corrected chi connectivity index (χ4v) is 2.54. The van der Waals surface area contributed by atoms with Gasteiger partial charge in [0.05, 0.1) is 25.0 Å². The molecule has 0 bridgehead atoms. The summed E-state index contributed by atoms with van der Waals surface area (Å²) in [7, 11) is 0. The second-order valence-electron chi connectivity index (χ2n) is 6.37. The Kier molecular flexibility index (Phi) is 9.49. The molecule has 150 valence electrons. The van der Waals surface area contributed by atoms with Crippen LogP contribution in [0.5, 0.6) is 11.5 Å². The van der Waals surface area contributed by atoms with Crippen LogP contribution in [-0.4, -0.2) is 24.3 Å². The predicted octanol–water partition coefficient (Wildman–Crippen LogP) is 5.45. The number of benzene rings is 2. The minimum Gasteiger partial charge on any atom is -0.502 e. The molecule has 2 rings (SSSR count). The zero-order valence-electron chi connectivity index (χ0n) is 16.3. The van der Waals surface area contributed by atoms with Crippen molar-refractivity contribution in [2.24, 2.45) is 0 Å². The van der Waals surface area contributed by atoms with E-state index in [9.17, 15) is 4.79 Å². The van der Waals surface area contributed by atoms with E-state index in [-0.39, 0.29) is 5.56 Å². The van der Waals surface area contributed by atoms with Crippen LogP contribution in [0.2, 0.25) is 0 Å². The minimum atomic E-state index is -0.944. The third-order valence-electron chi connectivity index (χ3n) is 4.09. The zero-order chi connectivity index (χ0) is 20.0. The number of aromatic carboxylic acids is 1. The third kappa shape index (κ3) is 8.16. The SMILES string of the molecule is CC=COCCCCCCOc1ccc(COc2ccc(C(=O)O)cc2)cc1. The Labute approximate surface area is 166 Å². The van der Waals surface area contributed by atoms with Gasteiger partial charge in [-0.15, -0.1) is 0 Å². The van der Waals surface area contributed by atoms with Gasteiger partial charge in [0.25, 0.3) is 0 Å². The predicted molar refractivity (Wildman–Crippen MR) is 109 cm³/mol. The molecule has 5 nitrogen and oxygen atoms in total. The van der Waals surface area contributed by atoms with E-state index in [1.165, 1.54) is 12.1 Å². The summed E-state index contributed by atoms with van der Waals surface area (Å²) in [6.07, 6.45) is 7.99. The van der Waals surface area contributed by atoms with Crippen LogP contribution in [0, 0.1) is 0 Å². The van der Waals surface area contributed by atoms with Gasteiger partial charge in [0.1, 0.15) is 18.1 Å². The topological polar surface area (TPSA) is 65.0 Å². The van der Waals surface area contributed by atoms with E-state index < -0.39 is 5.97 Å². The summed E-state index contributed by atoms with van der Waals surface area (Å²) < 4.78 is 16.7. The number of rotatable bonds is 13. The molecule has 0 aliphatic carbocycles. The van der Waals surface area contributed by atoms with Gasteiger partial charge in [0, 0.05) is 0 Å². The van der Waals surface area contributed by atoms with Crippen LogP contribution in [0.1, 0.15) is 48.5 Å². The van der Waals surface area contributed by atoms with E-state index in [1.807, 2.05) is 37.3 Å². The molecule has 0 saturated carbocycles. The average Bonchev–Trinajstić information content (AvgIpc) is 2.72. The lowest BCUT2D eigenvalue weighted by atomic mass is 10.2. The van der Waals surface area contributed by atoms with Crippen LogP contribution in [0.3, 0.4) is 0 Å². The van der Waals surface area contributed by atoms with Gasteiger partial charge < -0.3 is 19.3 Å². The van der Waals surface area contributed by atoms with Crippen molar-refractivity contribution in [1.82, 2.24) is 0 Å². The lowest BCUT2D eigenvalue weighted by Gasteiger charge is -2.09. The van der Waals surface area contributed by atoms with E-state index >= 15 is 0 Å². The van der Waals surface area contributed by atoms with Gasteiger partial charge >= 0.3 is 5.97 Å². The lowest BCUT2D eigenvalue weighted by molar-refractivity contribution is 0.0697. The van der Waals surface area contributed by atoms with Crippen molar-refractivity contribution in [1.29, 1.82) is 0 Å². The number of unbranched alkanes of at least 4 members (excludes halogenated alkanes) is 3. The highest BCUT2D eigenvalue weighted by Gasteiger charge is 2.03. The van der Waals surface area contributed by atoms with Crippen molar-refractivity contribution in [3.05, 3.63) is 72.0 Å². The van der Waals surface area contributed by atoms with Crippen molar-refractivity contribution < 1.29 is 24.1 Å². The molecule has 2 aromatic rings. The second-order valence-corrected chi connectivity index (χ2v) is 6.37. The van der Waals surface area contributed by atoms with Gasteiger partial charge in [-0.05, 0) is 74.6 Å². The maximum Gasteiger partial charge on any atom is 0.335 e. The Bertz CT molecular complexity index is 720. The Balaban J connectivity index is 1.61. The highest BCUT2D eigenvalue weighted by Crippen LogP contribution is 2.17. The Morgan fingerprint density at radius 1 is 0.857 bits per heavy atom. The molecule has 1 N–H and O–H groups in total. The average molecular weight is 384 g/mol. The minimum absolute atomic E-state index is 0.246. The smallest absolute Gasteiger partial charge is 0.335 e. The molecule has 5 heteroatoms. The van der Waals surface area contributed by atoms with Crippen molar-refractivity contribution in [2.45, 2.75) is 39.2 Å². The highest BCUT2D eigenvalue weighted by atomic mass is 16.5. The van der Waals surface area contributed by atoms with Gasteiger partial charge in [-0.3, -0.25) is 0 Å².